The van der Waals surface area contributed by atoms with Crippen LogP contribution >= 0.6 is 0 Å². The van der Waals surface area contributed by atoms with E-state index in [0.29, 0.717) is 31.3 Å². The molecule has 0 unspecified atom stereocenters. The Morgan fingerprint density at radius 3 is 2.64 bits per heavy atom. The Labute approximate surface area is 149 Å². The third-order valence-corrected chi connectivity index (χ3v) is 4.87. The molecule has 1 fully saturated rings. The molecule has 0 radical (unpaired) electrons. The van der Waals surface area contributed by atoms with Gasteiger partial charge in [-0.05, 0) is 51.6 Å². The van der Waals surface area contributed by atoms with Crippen LogP contribution in [0.25, 0.3) is 0 Å². The molecule has 0 aromatic heterocycles. The fourth-order valence-electron chi connectivity index (χ4n) is 3.33. The molecule has 1 aliphatic heterocycles. The van der Waals surface area contributed by atoms with E-state index in [1.54, 1.807) is 12.0 Å². The average molecular weight is 347 g/mol. The Morgan fingerprint density at radius 2 is 2.04 bits per heavy atom. The maximum Gasteiger partial charge on any atom is 0.311 e. The summed E-state index contributed by atoms with van der Waals surface area (Å²) in [6.07, 6.45) is 2.81. The lowest BCUT2D eigenvalue weighted by Crippen LogP contribution is -2.47. The van der Waals surface area contributed by atoms with Crippen molar-refractivity contribution in [1.29, 1.82) is 0 Å². The smallest absolute Gasteiger partial charge is 0.311 e. The van der Waals surface area contributed by atoms with Gasteiger partial charge in [-0.15, -0.1) is 0 Å². The molecule has 6 nitrogen and oxygen atoms in total. The number of carbonyl (C=O) groups is 2. The molecule has 0 saturated carbocycles. The maximum atomic E-state index is 12.4. The van der Waals surface area contributed by atoms with Gasteiger partial charge < -0.3 is 20.7 Å². The zero-order valence-corrected chi connectivity index (χ0v) is 15.4. The topological polar surface area (TPSA) is 84.7 Å². The van der Waals surface area contributed by atoms with Crippen molar-refractivity contribution in [3.05, 3.63) is 29.3 Å². The quantitative estimate of drug-likeness (QED) is 0.795. The van der Waals surface area contributed by atoms with E-state index in [2.05, 4.69) is 5.32 Å². The van der Waals surface area contributed by atoms with Gasteiger partial charge >= 0.3 is 11.8 Å². The number of ether oxygens (including phenoxy) is 1. The summed E-state index contributed by atoms with van der Waals surface area (Å²) in [7, 11) is 1.60. The SMILES string of the molecule is COc1ccc(C)cc1[C@@H](C)NC(=O)C(=O)N1CCC(CCN)CC1. The van der Waals surface area contributed by atoms with Crippen LogP contribution in [0.4, 0.5) is 0 Å². The highest BCUT2D eigenvalue weighted by molar-refractivity contribution is 6.35. The number of piperidine rings is 1. The Morgan fingerprint density at radius 1 is 1.36 bits per heavy atom. The Hall–Kier alpha value is -2.08. The largest absolute Gasteiger partial charge is 0.496 e. The van der Waals surface area contributed by atoms with Gasteiger partial charge in [-0.2, -0.15) is 0 Å². The van der Waals surface area contributed by atoms with Crippen LogP contribution in [-0.4, -0.2) is 43.5 Å². The third kappa shape index (κ3) is 4.95. The predicted octanol–water partition coefficient (Wildman–Crippen LogP) is 1.77. The van der Waals surface area contributed by atoms with Crippen LogP contribution in [-0.2, 0) is 9.59 Å². The number of carbonyl (C=O) groups excluding carboxylic acids is 2. The number of hydrogen-bond donors (Lipinski definition) is 2. The molecule has 0 aliphatic carbocycles. The summed E-state index contributed by atoms with van der Waals surface area (Å²) in [5.74, 6) is 0.249. The number of hydrogen-bond acceptors (Lipinski definition) is 4. The molecule has 0 spiro atoms. The van der Waals surface area contributed by atoms with Gasteiger partial charge in [0, 0.05) is 18.7 Å². The number of likely N-dealkylation sites (tertiary alicyclic amines) is 1. The second-order valence-electron chi connectivity index (χ2n) is 6.75. The van der Waals surface area contributed by atoms with Crippen molar-refractivity contribution in [2.45, 2.75) is 39.2 Å². The van der Waals surface area contributed by atoms with Gasteiger partial charge in [-0.1, -0.05) is 17.7 Å². The van der Waals surface area contributed by atoms with Crippen LogP contribution in [0, 0.1) is 12.8 Å². The highest BCUT2D eigenvalue weighted by atomic mass is 16.5. The normalized spacial score (nSPS) is 16.4. The molecule has 138 valence electrons. The Bertz CT molecular complexity index is 610. The molecule has 1 aromatic rings. The van der Waals surface area contributed by atoms with Crippen molar-refractivity contribution < 1.29 is 14.3 Å². The maximum absolute atomic E-state index is 12.4. The molecule has 1 heterocycles. The Kier molecular flexibility index (Phi) is 6.82. The van der Waals surface area contributed by atoms with Gasteiger partial charge in [0.2, 0.25) is 0 Å². The standard InChI is InChI=1S/C19H29N3O3/c1-13-4-5-17(25-3)16(12-13)14(2)21-18(23)19(24)22-10-7-15(6-9-20)8-11-22/h4-5,12,14-15H,6-11,20H2,1-3H3,(H,21,23)/t14-/m1/s1. The van der Waals surface area contributed by atoms with Crippen LogP contribution in [0.5, 0.6) is 5.75 Å². The summed E-state index contributed by atoms with van der Waals surface area (Å²) < 4.78 is 5.36. The summed E-state index contributed by atoms with van der Waals surface area (Å²) in [6.45, 7) is 5.76. The molecule has 0 bridgehead atoms. The lowest BCUT2D eigenvalue weighted by atomic mass is 9.93. The summed E-state index contributed by atoms with van der Waals surface area (Å²) in [5.41, 5.74) is 7.53. The van der Waals surface area contributed by atoms with Gasteiger partial charge in [-0.3, -0.25) is 9.59 Å². The Balaban J connectivity index is 1.95. The molecular weight excluding hydrogens is 318 g/mol. The van der Waals surface area contributed by atoms with Crippen molar-refractivity contribution in [2.24, 2.45) is 11.7 Å². The molecule has 6 heteroatoms. The van der Waals surface area contributed by atoms with Crippen LogP contribution in [0.15, 0.2) is 18.2 Å². The molecule has 2 amide bonds. The molecule has 1 aliphatic rings. The van der Waals surface area contributed by atoms with E-state index in [-0.39, 0.29) is 6.04 Å². The first kappa shape index (κ1) is 19.2. The fraction of sp³-hybridized carbons (Fsp3) is 0.579. The van der Waals surface area contributed by atoms with Crippen molar-refractivity contribution in [3.8, 4) is 5.75 Å². The molecule has 2 rings (SSSR count). The van der Waals surface area contributed by atoms with Gasteiger partial charge in [0.05, 0.1) is 13.2 Å². The second-order valence-corrected chi connectivity index (χ2v) is 6.75. The first-order valence-corrected chi connectivity index (χ1v) is 8.90. The van der Waals surface area contributed by atoms with E-state index in [4.69, 9.17) is 10.5 Å². The highest BCUT2D eigenvalue weighted by Gasteiger charge is 2.28. The number of nitrogens with two attached hydrogens (primary N) is 1. The lowest BCUT2D eigenvalue weighted by molar-refractivity contribution is -0.147. The number of amides is 2. The summed E-state index contributed by atoms with van der Waals surface area (Å²) in [4.78, 5) is 26.4. The van der Waals surface area contributed by atoms with E-state index in [1.165, 1.54) is 0 Å². The van der Waals surface area contributed by atoms with Crippen molar-refractivity contribution in [3.63, 3.8) is 0 Å². The van der Waals surface area contributed by atoms with Crippen LogP contribution < -0.4 is 15.8 Å². The monoisotopic (exact) mass is 347 g/mol. The number of benzene rings is 1. The molecule has 1 aromatic carbocycles. The zero-order chi connectivity index (χ0) is 18.4. The van der Waals surface area contributed by atoms with E-state index in [9.17, 15) is 9.59 Å². The predicted molar refractivity (Wildman–Crippen MR) is 97.3 cm³/mol. The van der Waals surface area contributed by atoms with E-state index < -0.39 is 11.8 Å². The average Bonchev–Trinajstić information content (AvgIpc) is 2.61. The third-order valence-electron chi connectivity index (χ3n) is 4.87. The van der Waals surface area contributed by atoms with Crippen LogP contribution in [0.3, 0.4) is 0 Å². The van der Waals surface area contributed by atoms with Crippen molar-refractivity contribution >= 4 is 11.8 Å². The number of aryl methyl sites for hydroxylation is 1. The second kappa shape index (κ2) is 8.85. The zero-order valence-electron chi connectivity index (χ0n) is 15.4. The van der Waals surface area contributed by atoms with Gasteiger partial charge in [0.1, 0.15) is 5.75 Å². The molecule has 25 heavy (non-hydrogen) atoms. The van der Waals surface area contributed by atoms with E-state index in [1.807, 2.05) is 32.0 Å². The van der Waals surface area contributed by atoms with Crippen LogP contribution in [0.1, 0.15) is 43.4 Å². The summed E-state index contributed by atoms with van der Waals surface area (Å²) >= 11 is 0. The molecule has 3 N–H and O–H groups in total. The molecule has 1 saturated heterocycles. The van der Waals surface area contributed by atoms with E-state index in [0.717, 1.165) is 30.4 Å². The number of nitrogens with one attached hydrogen (secondary N) is 1. The summed E-state index contributed by atoms with van der Waals surface area (Å²) in [5, 5.41) is 2.80. The van der Waals surface area contributed by atoms with Gasteiger partial charge in [0.25, 0.3) is 0 Å². The van der Waals surface area contributed by atoms with Crippen molar-refractivity contribution in [1.82, 2.24) is 10.2 Å². The lowest BCUT2D eigenvalue weighted by Gasteiger charge is -2.31. The van der Waals surface area contributed by atoms with Gasteiger partial charge in [0.15, 0.2) is 0 Å². The minimum atomic E-state index is -0.562. The van der Waals surface area contributed by atoms with Crippen LogP contribution in [0.2, 0.25) is 0 Å². The van der Waals surface area contributed by atoms with E-state index >= 15 is 0 Å². The highest BCUT2D eigenvalue weighted by Crippen LogP contribution is 2.26. The minimum Gasteiger partial charge on any atom is -0.496 e. The van der Waals surface area contributed by atoms with Crippen molar-refractivity contribution in [2.75, 3.05) is 26.7 Å². The summed E-state index contributed by atoms with van der Waals surface area (Å²) in [6, 6.07) is 5.48. The first-order valence-electron chi connectivity index (χ1n) is 8.90. The minimum absolute atomic E-state index is 0.305. The molecular formula is C19H29N3O3. The number of rotatable bonds is 5. The first-order chi connectivity index (χ1) is 12.0. The number of nitrogens with zero attached hydrogens (tertiary/aromatic N) is 1. The van der Waals surface area contributed by atoms with Gasteiger partial charge in [-0.25, -0.2) is 0 Å². The molecule has 1 atom stereocenters. The fourth-order valence-corrected chi connectivity index (χ4v) is 3.33. The number of methoxy groups -OCH3 is 1.